The van der Waals surface area contributed by atoms with Crippen LogP contribution >= 0.6 is 0 Å². The maximum absolute atomic E-state index is 14.7. The Hall–Kier alpha value is -3.94. The molecule has 0 radical (unpaired) electrons. The van der Waals surface area contributed by atoms with Crippen molar-refractivity contribution in [2.45, 2.75) is 13.8 Å². The van der Waals surface area contributed by atoms with Gasteiger partial charge in [-0.2, -0.15) is 4.98 Å². The van der Waals surface area contributed by atoms with Crippen molar-refractivity contribution in [3.63, 3.8) is 0 Å². The maximum atomic E-state index is 14.7. The number of halogens is 1. The summed E-state index contributed by atoms with van der Waals surface area (Å²) < 4.78 is 22.1. The second-order valence-electron chi connectivity index (χ2n) is 7.38. The molecule has 0 fully saturated rings. The van der Waals surface area contributed by atoms with Crippen LogP contribution < -0.4 is 15.0 Å². The van der Waals surface area contributed by atoms with Crippen LogP contribution in [0.1, 0.15) is 11.3 Å². The second kappa shape index (κ2) is 7.71. The summed E-state index contributed by atoms with van der Waals surface area (Å²) in [5.74, 6) is 1.31. The minimum Gasteiger partial charge on any atom is -0.486 e. The fourth-order valence-corrected chi connectivity index (χ4v) is 3.65. The van der Waals surface area contributed by atoms with Crippen LogP contribution in [0.5, 0.6) is 5.75 Å². The number of aromatic nitrogens is 4. The lowest BCUT2D eigenvalue weighted by Gasteiger charge is -2.31. The zero-order valence-corrected chi connectivity index (χ0v) is 17.2. The minimum atomic E-state index is -0.370. The van der Waals surface area contributed by atoms with Gasteiger partial charge in [0.1, 0.15) is 12.4 Å². The van der Waals surface area contributed by atoms with Crippen LogP contribution in [0.2, 0.25) is 0 Å². The van der Waals surface area contributed by atoms with Crippen molar-refractivity contribution in [3.05, 3.63) is 78.3 Å². The Bertz CT molecular complexity index is 1250. The third-order valence-electron chi connectivity index (χ3n) is 5.16. The lowest BCUT2D eigenvalue weighted by atomic mass is 10.1. The summed E-state index contributed by atoms with van der Waals surface area (Å²) >= 11 is 0. The Kier molecular flexibility index (Phi) is 4.74. The zero-order chi connectivity index (χ0) is 21.4. The molecule has 0 saturated heterocycles. The van der Waals surface area contributed by atoms with E-state index in [1.165, 1.54) is 6.07 Å². The minimum absolute atomic E-state index is 0.369. The molecule has 156 valence electrons. The summed E-state index contributed by atoms with van der Waals surface area (Å²) in [4.78, 5) is 15.3. The lowest BCUT2D eigenvalue weighted by Crippen LogP contribution is -2.30. The van der Waals surface area contributed by atoms with Crippen LogP contribution in [0.3, 0.4) is 0 Å². The molecule has 0 spiro atoms. The van der Waals surface area contributed by atoms with Gasteiger partial charge in [-0.15, -0.1) is 0 Å². The first-order valence-electron chi connectivity index (χ1n) is 9.99. The number of rotatable bonds is 4. The molecule has 1 aliphatic heterocycles. The van der Waals surface area contributed by atoms with Gasteiger partial charge in [-0.05, 0) is 43.7 Å². The van der Waals surface area contributed by atoms with Crippen LogP contribution in [0.4, 0.5) is 27.5 Å². The topological polar surface area (TPSA) is 68.1 Å². The summed E-state index contributed by atoms with van der Waals surface area (Å²) in [5.41, 5.74) is 4.02. The Balaban J connectivity index is 1.44. The molecule has 31 heavy (non-hydrogen) atoms. The molecule has 1 N–H and O–H groups in total. The predicted octanol–water partition coefficient (Wildman–Crippen LogP) is 4.69. The number of imidazole rings is 1. The van der Waals surface area contributed by atoms with Gasteiger partial charge in [-0.3, -0.25) is 0 Å². The molecule has 0 amide bonds. The highest BCUT2D eigenvalue weighted by Crippen LogP contribution is 2.36. The fraction of sp³-hybridized carbons (Fsp3) is 0.174. The van der Waals surface area contributed by atoms with Crippen molar-refractivity contribution in [1.82, 2.24) is 19.5 Å². The van der Waals surface area contributed by atoms with Gasteiger partial charge in [0.05, 0.1) is 30.5 Å². The van der Waals surface area contributed by atoms with Crippen molar-refractivity contribution in [1.29, 1.82) is 0 Å². The number of hydrogen-bond acceptors (Lipinski definition) is 6. The van der Waals surface area contributed by atoms with E-state index < -0.39 is 0 Å². The van der Waals surface area contributed by atoms with Gasteiger partial charge in [-0.1, -0.05) is 18.2 Å². The smallest absolute Gasteiger partial charge is 0.229 e. The van der Waals surface area contributed by atoms with Gasteiger partial charge in [0, 0.05) is 17.6 Å². The number of fused-ring (bicyclic) bond motifs is 1. The van der Waals surface area contributed by atoms with E-state index >= 15 is 0 Å². The second-order valence-corrected chi connectivity index (χ2v) is 7.38. The van der Waals surface area contributed by atoms with Crippen molar-refractivity contribution in [2.75, 3.05) is 23.4 Å². The van der Waals surface area contributed by atoms with E-state index in [0.717, 1.165) is 16.9 Å². The number of nitrogens with one attached hydrogen (secondary N) is 1. The van der Waals surface area contributed by atoms with Crippen LogP contribution in [0, 0.1) is 19.7 Å². The standard InChI is InChI=1S/C23H21FN6O/c1-15-5-3-4-6-19(15)30-9-10-31-21-12-25-23(28-22(21)30)27-17-7-8-20(18(24)11-17)29-13-16(2)26-14-29/h3-8,11-14H,9-10H2,1-2H3,(H,25,27,28). The van der Waals surface area contributed by atoms with Crippen LogP contribution in [-0.4, -0.2) is 32.7 Å². The van der Waals surface area contributed by atoms with Gasteiger partial charge in [0.2, 0.25) is 5.95 Å². The highest BCUT2D eigenvalue weighted by atomic mass is 19.1. The lowest BCUT2D eigenvalue weighted by molar-refractivity contribution is 0.310. The molecule has 2 aromatic carbocycles. The van der Waals surface area contributed by atoms with Gasteiger partial charge >= 0.3 is 0 Å². The van der Waals surface area contributed by atoms with E-state index in [2.05, 4.69) is 44.2 Å². The molecule has 8 heteroatoms. The highest BCUT2D eigenvalue weighted by molar-refractivity contribution is 5.70. The SMILES string of the molecule is Cc1cn(-c2ccc(Nc3ncc4c(n3)N(c3ccccc3C)CCO4)cc2F)cn1. The Labute approximate surface area is 179 Å². The largest absolute Gasteiger partial charge is 0.486 e. The molecule has 1 aliphatic rings. The van der Waals surface area contributed by atoms with Gasteiger partial charge in [0.25, 0.3) is 0 Å². The van der Waals surface area contributed by atoms with E-state index in [9.17, 15) is 4.39 Å². The number of anilines is 4. The molecule has 7 nitrogen and oxygen atoms in total. The van der Waals surface area contributed by atoms with Crippen LogP contribution in [0.25, 0.3) is 5.69 Å². The average Bonchev–Trinajstić information content (AvgIpc) is 3.20. The highest BCUT2D eigenvalue weighted by Gasteiger charge is 2.23. The summed E-state index contributed by atoms with van der Waals surface area (Å²) in [6.45, 7) is 5.17. The third-order valence-corrected chi connectivity index (χ3v) is 5.16. The molecule has 0 aliphatic carbocycles. The first kappa shape index (κ1) is 19.0. The summed E-state index contributed by atoms with van der Waals surface area (Å²) in [7, 11) is 0. The van der Waals surface area contributed by atoms with Gasteiger partial charge in [-0.25, -0.2) is 14.4 Å². The summed E-state index contributed by atoms with van der Waals surface area (Å²) in [6, 6.07) is 13.0. The van der Waals surface area contributed by atoms with Crippen LogP contribution in [0.15, 0.2) is 61.2 Å². The van der Waals surface area contributed by atoms with E-state index in [4.69, 9.17) is 4.74 Å². The Morgan fingerprint density at radius 3 is 2.71 bits per heavy atom. The first-order chi connectivity index (χ1) is 15.1. The van der Waals surface area contributed by atoms with E-state index in [1.54, 1.807) is 35.4 Å². The summed E-state index contributed by atoms with van der Waals surface area (Å²) in [6.07, 6.45) is 5.01. The number of benzene rings is 2. The quantitative estimate of drug-likeness (QED) is 0.520. The van der Waals surface area contributed by atoms with E-state index in [-0.39, 0.29) is 5.82 Å². The Morgan fingerprint density at radius 1 is 1.06 bits per heavy atom. The van der Waals surface area contributed by atoms with Crippen LogP contribution in [-0.2, 0) is 0 Å². The van der Waals surface area contributed by atoms with Crippen molar-refractivity contribution in [2.24, 2.45) is 0 Å². The average molecular weight is 416 g/mol. The van der Waals surface area contributed by atoms with E-state index in [0.29, 0.717) is 42.0 Å². The number of ether oxygens (including phenoxy) is 1. The molecule has 3 heterocycles. The Morgan fingerprint density at radius 2 is 1.94 bits per heavy atom. The number of hydrogen-bond donors (Lipinski definition) is 1. The molecule has 0 bridgehead atoms. The zero-order valence-electron chi connectivity index (χ0n) is 17.2. The third kappa shape index (κ3) is 3.68. The normalized spacial score (nSPS) is 12.9. The number of aryl methyl sites for hydroxylation is 2. The van der Waals surface area contributed by atoms with Crippen molar-refractivity contribution >= 4 is 23.1 Å². The monoisotopic (exact) mass is 416 g/mol. The molecule has 2 aromatic heterocycles. The molecule has 0 atom stereocenters. The first-order valence-corrected chi connectivity index (χ1v) is 9.99. The molecular formula is C23H21FN6O. The molecule has 0 saturated carbocycles. The van der Waals surface area contributed by atoms with E-state index in [1.807, 2.05) is 19.1 Å². The molecule has 4 aromatic rings. The maximum Gasteiger partial charge on any atom is 0.229 e. The van der Waals surface area contributed by atoms with Crippen molar-refractivity contribution in [3.8, 4) is 11.4 Å². The number of nitrogens with zero attached hydrogens (tertiary/aromatic N) is 5. The number of para-hydroxylation sites is 1. The van der Waals surface area contributed by atoms with Gasteiger partial charge in [0.15, 0.2) is 11.6 Å². The van der Waals surface area contributed by atoms with Crippen molar-refractivity contribution < 1.29 is 9.13 Å². The summed E-state index contributed by atoms with van der Waals surface area (Å²) in [5, 5.41) is 3.10. The van der Waals surface area contributed by atoms with Gasteiger partial charge < -0.3 is 19.5 Å². The molecular weight excluding hydrogens is 395 g/mol. The molecule has 5 rings (SSSR count). The fourth-order valence-electron chi connectivity index (χ4n) is 3.65. The molecule has 0 unspecified atom stereocenters. The predicted molar refractivity (Wildman–Crippen MR) is 117 cm³/mol.